The van der Waals surface area contributed by atoms with Crippen LogP contribution in [0.4, 0.5) is 5.69 Å². The van der Waals surface area contributed by atoms with Gasteiger partial charge >= 0.3 is 0 Å². The maximum Gasteiger partial charge on any atom is 0.0722 e. The van der Waals surface area contributed by atoms with Crippen molar-refractivity contribution in [3.8, 4) is 0 Å². The molecule has 0 aliphatic carbocycles. The van der Waals surface area contributed by atoms with Gasteiger partial charge in [0.15, 0.2) is 0 Å². The zero-order valence-electron chi connectivity index (χ0n) is 7.84. The first-order chi connectivity index (χ1) is 7.18. The minimum Gasteiger partial charge on any atom is -0.772 e. The van der Waals surface area contributed by atoms with E-state index in [0.717, 1.165) is 10.9 Å². The minimum atomic E-state index is -2.12. The molecule has 4 nitrogen and oxygen atoms in total. The Balaban J connectivity index is 2.59. The van der Waals surface area contributed by atoms with E-state index < -0.39 is 11.1 Å². The van der Waals surface area contributed by atoms with Crippen LogP contribution in [-0.2, 0) is 16.8 Å². The maximum absolute atomic E-state index is 10.6. The fourth-order valence-electron chi connectivity index (χ4n) is 1.47. The molecule has 0 spiro atoms. The fourth-order valence-corrected chi connectivity index (χ4v) is 1.98. The van der Waals surface area contributed by atoms with E-state index in [1.165, 1.54) is 0 Å². The number of pyridine rings is 1. The first-order valence-corrected chi connectivity index (χ1v) is 5.61. The number of anilines is 1. The monoisotopic (exact) mass is 221 g/mol. The lowest BCUT2D eigenvalue weighted by Crippen LogP contribution is -2.00. The molecule has 1 aromatic carbocycles. The van der Waals surface area contributed by atoms with Crippen molar-refractivity contribution in [1.82, 2.24) is 4.98 Å². The van der Waals surface area contributed by atoms with Crippen LogP contribution in [0.5, 0.6) is 0 Å². The molecule has 1 aromatic heterocycles. The molecule has 0 aliphatic rings. The summed E-state index contributed by atoms with van der Waals surface area (Å²) in [5, 5.41) is 0.792. The van der Waals surface area contributed by atoms with Gasteiger partial charge in [-0.1, -0.05) is 17.1 Å². The van der Waals surface area contributed by atoms with E-state index >= 15 is 0 Å². The van der Waals surface area contributed by atoms with E-state index in [1.54, 1.807) is 24.4 Å². The molecule has 2 aromatic rings. The molecule has 78 valence electrons. The van der Waals surface area contributed by atoms with Gasteiger partial charge in [-0.15, -0.1) is 0 Å². The number of nitrogens with zero attached hydrogens (tertiary/aromatic N) is 1. The van der Waals surface area contributed by atoms with Gasteiger partial charge in [-0.25, -0.2) is 0 Å². The van der Waals surface area contributed by atoms with Crippen molar-refractivity contribution in [3.05, 3.63) is 36.0 Å². The summed E-state index contributed by atoms with van der Waals surface area (Å²) in [4.78, 5) is 4.13. The lowest BCUT2D eigenvalue weighted by Gasteiger charge is -2.10. The quantitative estimate of drug-likeness (QED) is 0.610. The van der Waals surface area contributed by atoms with Gasteiger partial charge in [-0.3, -0.25) is 9.19 Å². The average molecular weight is 221 g/mol. The van der Waals surface area contributed by atoms with E-state index in [0.29, 0.717) is 11.3 Å². The first-order valence-electron chi connectivity index (χ1n) is 4.36. The standard InChI is InChI=1S/C10H10N2O2S/c11-10-7(6-15(13)14)3-4-9-8(10)2-1-5-12-9/h1-5H,6,11H2,(H,13,14)/p-1. The second-order valence-electron chi connectivity index (χ2n) is 3.16. The van der Waals surface area contributed by atoms with Crippen LogP contribution in [0.1, 0.15) is 5.56 Å². The average Bonchev–Trinajstić information content (AvgIpc) is 2.22. The predicted molar refractivity (Wildman–Crippen MR) is 58.8 cm³/mol. The van der Waals surface area contributed by atoms with Crippen molar-refractivity contribution in [2.24, 2.45) is 0 Å². The van der Waals surface area contributed by atoms with E-state index in [2.05, 4.69) is 4.98 Å². The van der Waals surface area contributed by atoms with Gasteiger partial charge in [0.25, 0.3) is 0 Å². The molecule has 0 radical (unpaired) electrons. The van der Waals surface area contributed by atoms with E-state index in [4.69, 9.17) is 5.73 Å². The second-order valence-corrected chi connectivity index (χ2v) is 4.05. The Morgan fingerprint density at radius 1 is 1.40 bits per heavy atom. The smallest absolute Gasteiger partial charge is 0.0722 e. The summed E-state index contributed by atoms with van der Waals surface area (Å²) in [5.41, 5.74) is 7.73. The Bertz CT molecular complexity index is 528. The van der Waals surface area contributed by atoms with Crippen LogP contribution < -0.4 is 5.73 Å². The number of fused-ring (bicyclic) bond motifs is 1. The molecular weight excluding hydrogens is 212 g/mol. The number of benzene rings is 1. The summed E-state index contributed by atoms with van der Waals surface area (Å²) in [6.07, 6.45) is 1.67. The largest absolute Gasteiger partial charge is 0.772 e. The fraction of sp³-hybridized carbons (Fsp3) is 0.100. The molecule has 15 heavy (non-hydrogen) atoms. The zero-order valence-corrected chi connectivity index (χ0v) is 8.66. The predicted octanol–water partition coefficient (Wildman–Crippen LogP) is 1.20. The van der Waals surface area contributed by atoms with E-state index in [-0.39, 0.29) is 5.75 Å². The summed E-state index contributed by atoms with van der Waals surface area (Å²) in [5.74, 6) is -0.0589. The number of hydrogen-bond acceptors (Lipinski definition) is 4. The second kappa shape index (κ2) is 3.96. The highest BCUT2D eigenvalue weighted by Crippen LogP contribution is 2.23. The number of hydrogen-bond donors (Lipinski definition) is 1. The highest BCUT2D eigenvalue weighted by Gasteiger charge is 2.04. The van der Waals surface area contributed by atoms with Gasteiger partial charge in [0.2, 0.25) is 0 Å². The summed E-state index contributed by atoms with van der Waals surface area (Å²) < 4.78 is 21.2. The van der Waals surface area contributed by atoms with Crippen molar-refractivity contribution < 1.29 is 8.76 Å². The molecule has 1 unspecified atom stereocenters. The summed E-state index contributed by atoms with van der Waals surface area (Å²) in [6, 6.07) is 7.07. The Kier molecular flexibility index (Phi) is 2.66. The molecule has 0 amide bonds. The van der Waals surface area contributed by atoms with Gasteiger partial charge in [-0.05, 0) is 23.8 Å². The van der Waals surface area contributed by atoms with Crippen LogP contribution in [-0.4, -0.2) is 13.7 Å². The minimum absolute atomic E-state index is 0.0589. The highest BCUT2D eigenvalue weighted by molar-refractivity contribution is 7.78. The Hall–Kier alpha value is -1.46. The number of nitrogens with two attached hydrogens (primary N) is 1. The third-order valence-electron chi connectivity index (χ3n) is 2.19. The van der Waals surface area contributed by atoms with Crippen molar-refractivity contribution in [1.29, 1.82) is 0 Å². The summed E-state index contributed by atoms with van der Waals surface area (Å²) >= 11 is -2.12. The normalized spacial score (nSPS) is 12.9. The Morgan fingerprint density at radius 2 is 2.20 bits per heavy atom. The molecule has 0 bridgehead atoms. The van der Waals surface area contributed by atoms with Crippen molar-refractivity contribution in [3.63, 3.8) is 0 Å². The Labute approximate surface area is 89.4 Å². The lowest BCUT2D eigenvalue weighted by molar-refractivity contribution is 0.536. The van der Waals surface area contributed by atoms with Crippen molar-refractivity contribution >= 4 is 27.7 Å². The Morgan fingerprint density at radius 3 is 2.93 bits per heavy atom. The molecule has 0 fully saturated rings. The van der Waals surface area contributed by atoms with E-state index in [9.17, 15) is 8.76 Å². The molecule has 5 heteroatoms. The van der Waals surface area contributed by atoms with Crippen LogP contribution >= 0.6 is 0 Å². The summed E-state index contributed by atoms with van der Waals surface area (Å²) in [7, 11) is 0. The van der Waals surface area contributed by atoms with Gasteiger partial charge < -0.3 is 10.3 Å². The molecular formula is C10H9N2O2S-. The van der Waals surface area contributed by atoms with Gasteiger partial charge in [-0.2, -0.15) is 0 Å². The van der Waals surface area contributed by atoms with Crippen molar-refractivity contribution in [2.45, 2.75) is 5.75 Å². The topological polar surface area (TPSA) is 79.0 Å². The maximum atomic E-state index is 10.6. The van der Waals surface area contributed by atoms with Gasteiger partial charge in [0.1, 0.15) is 0 Å². The molecule has 2 N–H and O–H groups in total. The number of nitrogen functional groups attached to an aromatic ring is 1. The molecule has 2 rings (SSSR count). The SMILES string of the molecule is Nc1c(CS(=O)[O-])ccc2ncccc12. The van der Waals surface area contributed by atoms with Crippen LogP contribution in [0.25, 0.3) is 10.9 Å². The third kappa shape index (κ3) is 1.98. The number of aromatic nitrogens is 1. The zero-order chi connectivity index (χ0) is 10.8. The van der Waals surface area contributed by atoms with Crippen LogP contribution in [0.15, 0.2) is 30.5 Å². The van der Waals surface area contributed by atoms with Crippen LogP contribution in [0.2, 0.25) is 0 Å². The molecule has 0 saturated carbocycles. The van der Waals surface area contributed by atoms with Crippen LogP contribution in [0, 0.1) is 0 Å². The molecule has 0 saturated heterocycles. The summed E-state index contributed by atoms with van der Waals surface area (Å²) in [6.45, 7) is 0. The number of rotatable bonds is 2. The van der Waals surface area contributed by atoms with Crippen molar-refractivity contribution in [2.75, 3.05) is 5.73 Å². The molecule has 1 atom stereocenters. The third-order valence-corrected chi connectivity index (χ3v) is 2.74. The van der Waals surface area contributed by atoms with Gasteiger partial charge in [0, 0.05) is 23.0 Å². The van der Waals surface area contributed by atoms with Gasteiger partial charge in [0.05, 0.1) is 5.52 Å². The van der Waals surface area contributed by atoms with E-state index in [1.807, 2.05) is 6.07 Å². The first kappa shape index (κ1) is 10.1. The lowest BCUT2D eigenvalue weighted by atomic mass is 10.1. The van der Waals surface area contributed by atoms with Crippen LogP contribution in [0.3, 0.4) is 0 Å². The molecule has 0 aliphatic heterocycles. The highest BCUT2D eigenvalue weighted by atomic mass is 32.2. The molecule has 1 heterocycles.